The van der Waals surface area contributed by atoms with E-state index in [0.717, 1.165) is 5.56 Å². The second kappa shape index (κ2) is 10.6. The molecule has 0 bridgehead atoms. The van der Waals surface area contributed by atoms with Crippen molar-refractivity contribution in [3.05, 3.63) is 58.7 Å². The zero-order chi connectivity index (χ0) is 25.0. The van der Waals surface area contributed by atoms with E-state index in [1.54, 1.807) is 36.4 Å². The first-order valence-corrected chi connectivity index (χ1v) is 11.1. The number of rotatable bonds is 9. The Morgan fingerprint density at radius 2 is 1.71 bits per heavy atom. The number of aliphatic hydroxyl groups excluding tert-OH is 1. The molecular weight excluding hydrogens is 436 g/mol. The van der Waals surface area contributed by atoms with Crippen molar-refractivity contribution in [2.24, 2.45) is 0 Å². The number of ketones is 1. The highest BCUT2D eigenvalue weighted by Gasteiger charge is 2.46. The molecule has 1 aliphatic heterocycles. The van der Waals surface area contributed by atoms with Gasteiger partial charge in [-0.15, -0.1) is 0 Å². The van der Waals surface area contributed by atoms with Crippen LogP contribution in [0.1, 0.15) is 29.7 Å². The van der Waals surface area contributed by atoms with Gasteiger partial charge in [0.2, 0.25) is 0 Å². The van der Waals surface area contributed by atoms with E-state index < -0.39 is 17.7 Å². The van der Waals surface area contributed by atoms with Gasteiger partial charge in [-0.3, -0.25) is 9.59 Å². The number of carbonyl (C=O) groups excluding carboxylic acids is 2. The predicted octanol–water partition coefficient (Wildman–Crippen LogP) is 3.39. The van der Waals surface area contributed by atoms with E-state index in [9.17, 15) is 14.7 Å². The summed E-state index contributed by atoms with van der Waals surface area (Å²) in [7, 11) is 6.84. The Hall–Kier alpha value is -3.52. The first-order valence-electron chi connectivity index (χ1n) is 11.1. The van der Waals surface area contributed by atoms with E-state index >= 15 is 0 Å². The molecule has 1 aliphatic rings. The third-order valence-corrected chi connectivity index (χ3v) is 5.80. The number of likely N-dealkylation sites (tertiary alicyclic amines) is 1. The van der Waals surface area contributed by atoms with Crippen molar-refractivity contribution in [2.45, 2.75) is 19.9 Å². The Morgan fingerprint density at radius 1 is 1.03 bits per heavy atom. The van der Waals surface area contributed by atoms with E-state index in [1.807, 2.05) is 32.8 Å². The van der Waals surface area contributed by atoms with Crippen molar-refractivity contribution < 1.29 is 28.9 Å². The summed E-state index contributed by atoms with van der Waals surface area (Å²) in [6.45, 7) is 5.14. The van der Waals surface area contributed by atoms with Crippen LogP contribution in [-0.4, -0.2) is 74.6 Å². The molecule has 1 atom stereocenters. The lowest BCUT2D eigenvalue weighted by Crippen LogP contribution is -2.35. The van der Waals surface area contributed by atoms with E-state index in [-0.39, 0.29) is 11.3 Å². The Morgan fingerprint density at radius 3 is 2.29 bits per heavy atom. The number of hydrogen-bond acceptors (Lipinski definition) is 7. The SMILES string of the molecule is CCOc1ccc(/C(O)=C2\C(=O)C(=O)N(CCN(C)C)C2c2ccc(OC)c(OC)c2)cc1C. The molecule has 182 valence electrons. The maximum Gasteiger partial charge on any atom is 0.295 e. The maximum absolute atomic E-state index is 13.2. The molecule has 0 saturated carbocycles. The lowest BCUT2D eigenvalue weighted by Gasteiger charge is -2.27. The Kier molecular flexibility index (Phi) is 7.83. The largest absolute Gasteiger partial charge is 0.507 e. The Bertz CT molecular complexity index is 1110. The number of benzene rings is 2. The van der Waals surface area contributed by atoms with Gasteiger partial charge >= 0.3 is 0 Å². The van der Waals surface area contributed by atoms with Crippen molar-refractivity contribution in [2.75, 3.05) is 48.0 Å². The highest BCUT2D eigenvalue weighted by atomic mass is 16.5. The average molecular weight is 469 g/mol. The Labute approximate surface area is 200 Å². The van der Waals surface area contributed by atoms with Crippen LogP contribution in [0, 0.1) is 6.92 Å². The van der Waals surface area contributed by atoms with Crippen molar-refractivity contribution in [3.8, 4) is 17.2 Å². The van der Waals surface area contributed by atoms with Crippen LogP contribution in [0.25, 0.3) is 5.76 Å². The van der Waals surface area contributed by atoms with Crippen LogP contribution in [-0.2, 0) is 9.59 Å². The van der Waals surface area contributed by atoms with Crippen molar-refractivity contribution in [1.82, 2.24) is 9.80 Å². The van der Waals surface area contributed by atoms with Gasteiger partial charge in [-0.05, 0) is 69.4 Å². The summed E-state index contributed by atoms with van der Waals surface area (Å²) in [5.41, 5.74) is 1.94. The van der Waals surface area contributed by atoms with E-state index in [4.69, 9.17) is 14.2 Å². The predicted molar refractivity (Wildman–Crippen MR) is 129 cm³/mol. The van der Waals surface area contributed by atoms with Crippen LogP contribution in [0.5, 0.6) is 17.2 Å². The molecule has 34 heavy (non-hydrogen) atoms. The summed E-state index contributed by atoms with van der Waals surface area (Å²) in [6.07, 6.45) is 0. The molecule has 1 heterocycles. The first kappa shape index (κ1) is 25.1. The lowest BCUT2D eigenvalue weighted by molar-refractivity contribution is -0.140. The molecule has 0 spiro atoms. The number of methoxy groups -OCH3 is 2. The summed E-state index contributed by atoms with van der Waals surface area (Å²) in [5.74, 6) is 0.0979. The van der Waals surface area contributed by atoms with E-state index in [1.165, 1.54) is 19.1 Å². The smallest absolute Gasteiger partial charge is 0.295 e. The summed E-state index contributed by atoms with van der Waals surface area (Å²) >= 11 is 0. The molecule has 3 rings (SSSR count). The van der Waals surface area contributed by atoms with Crippen LogP contribution < -0.4 is 14.2 Å². The van der Waals surface area contributed by atoms with Crippen LogP contribution >= 0.6 is 0 Å². The maximum atomic E-state index is 13.2. The van der Waals surface area contributed by atoms with Crippen LogP contribution in [0.2, 0.25) is 0 Å². The molecule has 0 aromatic heterocycles. The number of ether oxygens (including phenoxy) is 3. The number of aliphatic hydroxyl groups is 1. The molecule has 0 aliphatic carbocycles. The molecular formula is C26H32N2O6. The molecule has 1 saturated heterocycles. The molecule has 1 unspecified atom stereocenters. The topological polar surface area (TPSA) is 88.5 Å². The fourth-order valence-electron chi connectivity index (χ4n) is 4.06. The van der Waals surface area contributed by atoms with Gasteiger partial charge in [-0.1, -0.05) is 6.07 Å². The number of carbonyl (C=O) groups is 2. The minimum Gasteiger partial charge on any atom is -0.507 e. The zero-order valence-corrected chi connectivity index (χ0v) is 20.5. The van der Waals surface area contributed by atoms with Crippen LogP contribution in [0.15, 0.2) is 42.0 Å². The molecule has 0 radical (unpaired) electrons. The molecule has 8 nitrogen and oxygen atoms in total. The molecule has 1 amide bonds. The van der Waals surface area contributed by atoms with E-state index in [2.05, 4.69) is 0 Å². The van der Waals surface area contributed by atoms with Gasteiger partial charge in [0.1, 0.15) is 11.5 Å². The number of amides is 1. The summed E-state index contributed by atoms with van der Waals surface area (Å²) in [6, 6.07) is 9.65. The monoisotopic (exact) mass is 468 g/mol. The zero-order valence-electron chi connectivity index (χ0n) is 20.5. The summed E-state index contributed by atoms with van der Waals surface area (Å²) < 4.78 is 16.4. The summed E-state index contributed by atoms with van der Waals surface area (Å²) in [4.78, 5) is 29.7. The number of likely N-dealkylation sites (N-methyl/N-ethyl adjacent to an activating group) is 1. The van der Waals surface area contributed by atoms with Gasteiger partial charge in [0.15, 0.2) is 11.5 Å². The third kappa shape index (κ3) is 4.87. The highest BCUT2D eigenvalue weighted by Crippen LogP contribution is 2.42. The average Bonchev–Trinajstić information content (AvgIpc) is 3.07. The van der Waals surface area contributed by atoms with Gasteiger partial charge in [-0.2, -0.15) is 0 Å². The summed E-state index contributed by atoms with van der Waals surface area (Å²) in [5, 5.41) is 11.3. The molecule has 2 aromatic carbocycles. The molecule has 1 N–H and O–H groups in total. The van der Waals surface area contributed by atoms with Crippen LogP contribution in [0.4, 0.5) is 0 Å². The van der Waals surface area contributed by atoms with Crippen molar-refractivity contribution in [3.63, 3.8) is 0 Å². The fraction of sp³-hybridized carbons (Fsp3) is 0.385. The molecule has 2 aromatic rings. The normalized spacial score (nSPS) is 17.4. The molecule has 8 heteroatoms. The Balaban J connectivity index is 2.17. The fourth-order valence-corrected chi connectivity index (χ4v) is 4.06. The first-order chi connectivity index (χ1) is 16.2. The quantitative estimate of drug-likeness (QED) is 0.343. The van der Waals surface area contributed by atoms with Gasteiger partial charge in [0.25, 0.3) is 11.7 Å². The van der Waals surface area contributed by atoms with Gasteiger partial charge in [0, 0.05) is 18.7 Å². The number of hydrogen-bond donors (Lipinski definition) is 1. The third-order valence-electron chi connectivity index (χ3n) is 5.80. The minimum atomic E-state index is -0.772. The van der Waals surface area contributed by atoms with E-state index in [0.29, 0.717) is 48.1 Å². The van der Waals surface area contributed by atoms with Gasteiger partial charge in [-0.25, -0.2) is 0 Å². The van der Waals surface area contributed by atoms with Gasteiger partial charge in [0.05, 0.1) is 32.4 Å². The lowest BCUT2D eigenvalue weighted by atomic mass is 9.94. The van der Waals surface area contributed by atoms with Crippen LogP contribution in [0.3, 0.4) is 0 Å². The van der Waals surface area contributed by atoms with Gasteiger partial charge < -0.3 is 29.1 Å². The standard InChI is InChI=1S/C26H32N2O6/c1-7-34-19-10-9-18(14-16(19)2)24(29)22-23(17-8-11-20(32-5)21(15-17)33-6)28(13-12-27(3)4)26(31)25(22)30/h8-11,14-15,23,29H,7,12-13H2,1-6H3/b24-22+. The highest BCUT2D eigenvalue weighted by molar-refractivity contribution is 6.46. The number of Topliss-reactive ketones (excluding diaryl/α,β-unsaturated/α-hetero) is 1. The van der Waals surface area contributed by atoms with Crippen molar-refractivity contribution in [1.29, 1.82) is 0 Å². The number of nitrogens with zero attached hydrogens (tertiary/aromatic N) is 2. The minimum absolute atomic E-state index is 0.0412. The number of aryl methyl sites for hydroxylation is 1. The van der Waals surface area contributed by atoms with Crippen molar-refractivity contribution >= 4 is 17.4 Å². The second-order valence-corrected chi connectivity index (χ2v) is 8.32. The molecule has 1 fully saturated rings. The second-order valence-electron chi connectivity index (χ2n) is 8.32.